The molecule has 0 bridgehead atoms. The number of nitrogens with two attached hydrogens (primary N) is 1. The van der Waals surface area contributed by atoms with Crippen LogP contribution in [0.5, 0.6) is 0 Å². The fourth-order valence-corrected chi connectivity index (χ4v) is 2.45. The quantitative estimate of drug-likeness (QED) is 0.870. The fraction of sp³-hybridized carbons (Fsp3) is 0.364. The van der Waals surface area contributed by atoms with Gasteiger partial charge in [-0.2, -0.15) is 15.0 Å². The lowest BCUT2D eigenvalue weighted by molar-refractivity contribution is 0.748. The molecule has 0 radical (unpaired) electrons. The number of aromatic nitrogens is 3. The highest BCUT2D eigenvalue weighted by molar-refractivity contribution is 7.10. The molecule has 0 aliphatic carbocycles. The molecule has 0 aliphatic rings. The van der Waals surface area contributed by atoms with E-state index in [1.54, 1.807) is 18.3 Å². The number of rotatable bonds is 4. The third-order valence-electron chi connectivity index (χ3n) is 2.36. The minimum atomic E-state index is 0.219. The van der Waals surface area contributed by atoms with Gasteiger partial charge in [0, 0.05) is 4.88 Å². The van der Waals surface area contributed by atoms with Crippen LogP contribution in [0.15, 0.2) is 17.5 Å². The van der Waals surface area contributed by atoms with E-state index < -0.39 is 0 Å². The molecule has 2 aromatic heterocycles. The van der Waals surface area contributed by atoms with Crippen LogP contribution in [0.1, 0.15) is 30.1 Å². The van der Waals surface area contributed by atoms with Crippen molar-refractivity contribution in [1.82, 2.24) is 15.0 Å². The maximum atomic E-state index is 5.60. The predicted molar refractivity (Wildman–Crippen MR) is 70.0 cm³/mol. The van der Waals surface area contributed by atoms with Gasteiger partial charge >= 0.3 is 0 Å². The second kappa shape index (κ2) is 5.09. The molecule has 1 unspecified atom stereocenters. The van der Waals surface area contributed by atoms with Crippen molar-refractivity contribution >= 4 is 23.2 Å². The Morgan fingerprint density at radius 1 is 1.41 bits per heavy atom. The number of nitrogens with one attached hydrogen (secondary N) is 1. The molecule has 0 aliphatic heterocycles. The lowest BCUT2D eigenvalue weighted by Gasteiger charge is -2.15. The first-order valence-electron chi connectivity index (χ1n) is 5.47. The van der Waals surface area contributed by atoms with Crippen molar-refractivity contribution in [2.45, 2.75) is 26.3 Å². The van der Waals surface area contributed by atoms with Gasteiger partial charge in [-0.15, -0.1) is 11.3 Å². The lowest BCUT2D eigenvalue weighted by Crippen LogP contribution is -2.13. The number of hydrogen-bond donors (Lipinski definition) is 2. The summed E-state index contributed by atoms with van der Waals surface area (Å²) in [7, 11) is 0. The van der Waals surface area contributed by atoms with Crippen LogP contribution in [-0.4, -0.2) is 15.0 Å². The molecular formula is C11H15N5S. The van der Waals surface area contributed by atoms with E-state index in [0.29, 0.717) is 11.8 Å². The summed E-state index contributed by atoms with van der Waals surface area (Å²) in [6.07, 6.45) is 0.963. The Morgan fingerprint density at radius 3 is 2.82 bits per heavy atom. The van der Waals surface area contributed by atoms with Crippen molar-refractivity contribution < 1.29 is 0 Å². The van der Waals surface area contributed by atoms with E-state index in [1.165, 1.54) is 4.88 Å². The topological polar surface area (TPSA) is 76.7 Å². The Hall–Kier alpha value is -1.69. The van der Waals surface area contributed by atoms with E-state index in [2.05, 4.69) is 38.6 Å². The maximum absolute atomic E-state index is 5.60. The van der Waals surface area contributed by atoms with Crippen LogP contribution in [0, 0.1) is 6.92 Å². The molecule has 0 fully saturated rings. The Balaban J connectivity index is 2.18. The monoisotopic (exact) mass is 249 g/mol. The van der Waals surface area contributed by atoms with E-state index >= 15 is 0 Å². The summed E-state index contributed by atoms with van der Waals surface area (Å²) < 4.78 is 0. The number of nitrogen functional groups attached to an aromatic ring is 1. The van der Waals surface area contributed by atoms with Gasteiger partial charge in [0.25, 0.3) is 0 Å². The molecule has 0 amide bonds. The van der Waals surface area contributed by atoms with Gasteiger partial charge in [-0.1, -0.05) is 13.0 Å². The van der Waals surface area contributed by atoms with Crippen LogP contribution in [0.4, 0.5) is 11.9 Å². The molecule has 0 spiro atoms. The van der Waals surface area contributed by atoms with Crippen LogP contribution in [0.2, 0.25) is 0 Å². The van der Waals surface area contributed by atoms with Crippen molar-refractivity contribution in [3.8, 4) is 0 Å². The van der Waals surface area contributed by atoms with E-state index in [4.69, 9.17) is 5.73 Å². The highest BCUT2D eigenvalue weighted by Gasteiger charge is 2.12. The molecule has 6 heteroatoms. The van der Waals surface area contributed by atoms with E-state index in [9.17, 15) is 0 Å². The van der Waals surface area contributed by atoms with Crippen LogP contribution in [0.3, 0.4) is 0 Å². The summed E-state index contributed by atoms with van der Waals surface area (Å²) in [5, 5.41) is 5.34. The predicted octanol–water partition coefficient (Wildman–Crippen LogP) is 2.39. The largest absolute Gasteiger partial charge is 0.368 e. The zero-order chi connectivity index (χ0) is 12.3. The Kier molecular flexibility index (Phi) is 3.53. The smallest absolute Gasteiger partial charge is 0.228 e. The molecule has 0 saturated heterocycles. The molecule has 1 atom stereocenters. The van der Waals surface area contributed by atoms with Crippen molar-refractivity contribution in [2.24, 2.45) is 0 Å². The standard InChI is InChI=1S/C11H15N5S/c1-3-8(9-5-4-6-17-9)15-11-14-7(2)13-10(12)16-11/h4-6,8H,3H2,1-2H3,(H3,12,13,14,15,16). The molecule has 2 rings (SSSR count). The van der Waals surface area contributed by atoms with Gasteiger partial charge in [0.05, 0.1) is 6.04 Å². The van der Waals surface area contributed by atoms with Gasteiger partial charge < -0.3 is 11.1 Å². The molecule has 0 aromatic carbocycles. The summed E-state index contributed by atoms with van der Waals surface area (Å²) in [5.74, 6) is 1.41. The van der Waals surface area contributed by atoms with Crippen LogP contribution < -0.4 is 11.1 Å². The summed E-state index contributed by atoms with van der Waals surface area (Å²) in [4.78, 5) is 13.5. The SMILES string of the molecule is CCC(Nc1nc(C)nc(N)n1)c1cccs1. The third-order valence-corrected chi connectivity index (χ3v) is 3.35. The first-order valence-corrected chi connectivity index (χ1v) is 6.35. The highest BCUT2D eigenvalue weighted by atomic mass is 32.1. The van der Waals surface area contributed by atoms with E-state index in [1.807, 2.05) is 6.07 Å². The average Bonchev–Trinajstić information content (AvgIpc) is 2.77. The second-order valence-corrected chi connectivity index (χ2v) is 4.66. The number of hydrogen-bond acceptors (Lipinski definition) is 6. The van der Waals surface area contributed by atoms with Gasteiger partial charge in [-0.05, 0) is 24.8 Å². The summed E-state index contributed by atoms with van der Waals surface area (Å²) in [6.45, 7) is 3.92. The van der Waals surface area contributed by atoms with Crippen molar-refractivity contribution in [3.63, 3.8) is 0 Å². The van der Waals surface area contributed by atoms with Gasteiger partial charge in [0.1, 0.15) is 5.82 Å². The molecular weight excluding hydrogens is 234 g/mol. The van der Waals surface area contributed by atoms with Crippen molar-refractivity contribution in [3.05, 3.63) is 28.2 Å². The molecule has 2 heterocycles. The first-order chi connectivity index (χ1) is 8.19. The van der Waals surface area contributed by atoms with Crippen molar-refractivity contribution in [1.29, 1.82) is 0 Å². The minimum absolute atomic E-state index is 0.219. The summed E-state index contributed by atoms with van der Waals surface area (Å²) in [5.41, 5.74) is 5.60. The first kappa shape index (κ1) is 11.8. The van der Waals surface area contributed by atoms with Gasteiger partial charge in [-0.25, -0.2) is 0 Å². The number of nitrogens with zero attached hydrogens (tertiary/aromatic N) is 3. The Bertz CT molecular complexity index is 462. The fourth-order valence-electron chi connectivity index (χ4n) is 1.59. The van der Waals surface area contributed by atoms with Gasteiger partial charge in [0.15, 0.2) is 0 Å². The molecule has 90 valence electrons. The van der Waals surface area contributed by atoms with Gasteiger partial charge in [-0.3, -0.25) is 0 Å². The normalized spacial score (nSPS) is 12.4. The summed E-state index contributed by atoms with van der Waals surface area (Å²) in [6, 6.07) is 4.36. The molecule has 2 aromatic rings. The van der Waals surface area contributed by atoms with Crippen LogP contribution in [0.25, 0.3) is 0 Å². The van der Waals surface area contributed by atoms with E-state index in [-0.39, 0.29) is 12.0 Å². The molecule has 5 nitrogen and oxygen atoms in total. The lowest BCUT2D eigenvalue weighted by atomic mass is 10.2. The van der Waals surface area contributed by atoms with Crippen LogP contribution in [-0.2, 0) is 0 Å². The molecule has 17 heavy (non-hydrogen) atoms. The second-order valence-electron chi connectivity index (χ2n) is 3.69. The molecule has 0 saturated carbocycles. The van der Waals surface area contributed by atoms with Crippen molar-refractivity contribution in [2.75, 3.05) is 11.1 Å². The van der Waals surface area contributed by atoms with Crippen LogP contribution >= 0.6 is 11.3 Å². The maximum Gasteiger partial charge on any atom is 0.228 e. The van der Waals surface area contributed by atoms with Gasteiger partial charge in [0.2, 0.25) is 11.9 Å². The Morgan fingerprint density at radius 2 is 2.24 bits per heavy atom. The zero-order valence-corrected chi connectivity index (χ0v) is 10.7. The minimum Gasteiger partial charge on any atom is -0.368 e. The van der Waals surface area contributed by atoms with E-state index in [0.717, 1.165) is 6.42 Å². The molecule has 3 N–H and O–H groups in total. The number of thiophene rings is 1. The zero-order valence-electron chi connectivity index (χ0n) is 9.84. The summed E-state index contributed by atoms with van der Waals surface area (Å²) >= 11 is 1.72. The average molecular weight is 249 g/mol. The number of anilines is 2. The Labute approximate surface area is 104 Å². The highest BCUT2D eigenvalue weighted by Crippen LogP contribution is 2.24. The third kappa shape index (κ3) is 2.91. The number of aryl methyl sites for hydroxylation is 1.